The molecule has 5 N–H and O–H groups in total. The van der Waals surface area contributed by atoms with Crippen LogP contribution in [0.2, 0.25) is 0 Å². The van der Waals surface area contributed by atoms with Gasteiger partial charge in [0.1, 0.15) is 5.82 Å². The molecule has 0 aliphatic carbocycles. The van der Waals surface area contributed by atoms with Gasteiger partial charge in [-0.1, -0.05) is 6.92 Å². The number of nitrogens with two attached hydrogens (primary N) is 1. The lowest BCUT2D eigenvalue weighted by atomic mass is 10.3. The standard InChI is InChI=1S/C8H15N5O/c1-2-6(14)5-11-7-3-4-10-8(12-7)13-9/h3-4,6,14H,2,5,9H2,1H3,(H2,10,11,12,13). The molecule has 0 aliphatic rings. The number of hydrogen-bond donors (Lipinski definition) is 4. The molecule has 0 radical (unpaired) electrons. The molecule has 0 saturated carbocycles. The minimum atomic E-state index is -0.362. The van der Waals surface area contributed by atoms with Gasteiger partial charge >= 0.3 is 0 Å². The molecule has 0 saturated heterocycles. The van der Waals surface area contributed by atoms with E-state index in [0.717, 1.165) is 0 Å². The largest absolute Gasteiger partial charge is 0.391 e. The van der Waals surface area contributed by atoms with Crippen molar-refractivity contribution in [1.29, 1.82) is 0 Å². The normalized spacial score (nSPS) is 12.2. The van der Waals surface area contributed by atoms with E-state index in [-0.39, 0.29) is 6.10 Å². The lowest BCUT2D eigenvalue weighted by molar-refractivity contribution is 0.183. The maximum absolute atomic E-state index is 9.30. The summed E-state index contributed by atoms with van der Waals surface area (Å²) in [4.78, 5) is 7.88. The summed E-state index contributed by atoms with van der Waals surface area (Å²) >= 11 is 0. The smallest absolute Gasteiger partial charge is 0.239 e. The van der Waals surface area contributed by atoms with Crippen LogP contribution in [-0.4, -0.2) is 27.7 Å². The van der Waals surface area contributed by atoms with Gasteiger partial charge in [-0.2, -0.15) is 4.98 Å². The van der Waals surface area contributed by atoms with E-state index < -0.39 is 0 Å². The van der Waals surface area contributed by atoms with Crippen molar-refractivity contribution in [3.63, 3.8) is 0 Å². The molecule has 1 atom stereocenters. The number of nitrogens with zero attached hydrogens (tertiary/aromatic N) is 2. The van der Waals surface area contributed by atoms with E-state index in [4.69, 9.17) is 5.84 Å². The minimum Gasteiger partial charge on any atom is -0.391 e. The van der Waals surface area contributed by atoms with E-state index in [2.05, 4.69) is 20.7 Å². The van der Waals surface area contributed by atoms with E-state index in [9.17, 15) is 5.11 Å². The predicted molar refractivity (Wildman–Crippen MR) is 54.6 cm³/mol. The molecule has 1 aromatic rings. The van der Waals surface area contributed by atoms with Gasteiger partial charge in [-0.25, -0.2) is 10.8 Å². The van der Waals surface area contributed by atoms with Crippen LogP contribution in [0.5, 0.6) is 0 Å². The Labute approximate surface area is 82.5 Å². The molecule has 1 heterocycles. The molecule has 6 heteroatoms. The molecule has 0 amide bonds. The first-order valence-electron chi connectivity index (χ1n) is 4.48. The summed E-state index contributed by atoms with van der Waals surface area (Å²) in [5.41, 5.74) is 2.34. The lowest BCUT2D eigenvalue weighted by Gasteiger charge is -2.09. The molecule has 0 fully saturated rings. The van der Waals surface area contributed by atoms with Crippen LogP contribution in [-0.2, 0) is 0 Å². The quantitative estimate of drug-likeness (QED) is 0.390. The fourth-order valence-corrected chi connectivity index (χ4v) is 0.893. The van der Waals surface area contributed by atoms with Gasteiger partial charge in [0.2, 0.25) is 5.95 Å². The van der Waals surface area contributed by atoms with Crippen LogP contribution in [0.1, 0.15) is 13.3 Å². The summed E-state index contributed by atoms with van der Waals surface area (Å²) in [7, 11) is 0. The summed E-state index contributed by atoms with van der Waals surface area (Å²) in [5.74, 6) is 6.14. The summed E-state index contributed by atoms with van der Waals surface area (Å²) in [6, 6.07) is 1.71. The fourth-order valence-electron chi connectivity index (χ4n) is 0.893. The van der Waals surface area contributed by atoms with E-state index in [1.807, 2.05) is 6.92 Å². The third-order valence-corrected chi connectivity index (χ3v) is 1.77. The molecule has 1 unspecified atom stereocenters. The molecule has 0 aromatic carbocycles. The third kappa shape index (κ3) is 3.15. The highest BCUT2D eigenvalue weighted by molar-refractivity contribution is 5.38. The number of hydrogen-bond acceptors (Lipinski definition) is 6. The van der Waals surface area contributed by atoms with Gasteiger partial charge in [-0.3, -0.25) is 5.43 Å². The van der Waals surface area contributed by atoms with Crippen LogP contribution in [0.4, 0.5) is 11.8 Å². The van der Waals surface area contributed by atoms with E-state index in [1.54, 1.807) is 12.3 Å². The van der Waals surface area contributed by atoms with Gasteiger partial charge in [-0.15, -0.1) is 0 Å². The van der Waals surface area contributed by atoms with Crippen molar-refractivity contribution in [2.75, 3.05) is 17.3 Å². The maximum Gasteiger partial charge on any atom is 0.239 e. The van der Waals surface area contributed by atoms with E-state index in [0.29, 0.717) is 24.7 Å². The minimum absolute atomic E-state index is 0.348. The van der Waals surface area contributed by atoms with Crippen LogP contribution in [0.25, 0.3) is 0 Å². The first kappa shape index (κ1) is 10.7. The van der Waals surface area contributed by atoms with Crippen LogP contribution >= 0.6 is 0 Å². The van der Waals surface area contributed by atoms with Crippen molar-refractivity contribution < 1.29 is 5.11 Å². The van der Waals surface area contributed by atoms with Gasteiger partial charge in [0.15, 0.2) is 0 Å². The van der Waals surface area contributed by atoms with Crippen LogP contribution in [0, 0.1) is 0 Å². The average molecular weight is 197 g/mol. The van der Waals surface area contributed by atoms with Crippen LogP contribution < -0.4 is 16.6 Å². The van der Waals surface area contributed by atoms with Gasteiger partial charge in [0.05, 0.1) is 6.10 Å². The molecule has 14 heavy (non-hydrogen) atoms. The molecular formula is C8H15N5O. The van der Waals surface area contributed by atoms with Gasteiger partial charge < -0.3 is 10.4 Å². The van der Waals surface area contributed by atoms with E-state index in [1.165, 1.54) is 0 Å². The number of aliphatic hydroxyl groups excluding tert-OH is 1. The molecule has 1 rings (SSSR count). The Bertz CT molecular complexity index is 280. The third-order valence-electron chi connectivity index (χ3n) is 1.77. The zero-order valence-electron chi connectivity index (χ0n) is 8.07. The zero-order valence-corrected chi connectivity index (χ0v) is 8.07. The van der Waals surface area contributed by atoms with Crippen molar-refractivity contribution in [2.24, 2.45) is 5.84 Å². The topological polar surface area (TPSA) is 96.1 Å². The Morgan fingerprint density at radius 1 is 1.64 bits per heavy atom. The highest BCUT2D eigenvalue weighted by Crippen LogP contribution is 2.04. The predicted octanol–water partition coefficient (Wildman–Crippen LogP) is -0.0550. The Morgan fingerprint density at radius 2 is 2.43 bits per heavy atom. The second-order valence-corrected chi connectivity index (χ2v) is 2.85. The number of hydrazine groups is 1. The van der Waals surface area contributed by atoms with E-state index >= 15 is 0 Å². The maximum atomic E-state index is 9.30. The Kier molecular flexibility index (Phi) is 4.09. The molecule has 0 spiro atoms. The van der Waals surface area contributed by atoms with Crippen molar-refractivity contribution in [2.45, 2.75) is 19.4 Å². The summed E-state index contributed by atoms with van der Waals surface area (Å²) < 4.78 is 0. The summed E-state index contributed by atoms with van der Waals surface area (Å²) in [6.07, 6.45) is 1.93. The number of rotatable bonds is 5. The van der Waals surface area contributed by atoms with Crippen molar-refractivity contribution >= 4 is 11.8 Å². The zero-order chi connectivity index (χ0) is 10.4. The number of aromatic nitrogens is 2. The Hall–Kier alpha value is -1.40. The Morgan fingerprint density at radius 3 is 3.07 bits per heavy atom. The Balaban J connectivity index is 2.50. The summed E-state index contributed by atoms with van der Waals surface area (Å²) in [5, 5.41) is 12.3. The van der Waals surface area contributed by atoms with Crippen molar-refractivity contribution in [3.8, 4) is 0 Å². The fraction of sp³-hybridized carbons (Fsp3) is 0.500. The molecule has 1 aromatic heterocycles. The molecular weight excluding hydrogens is 182 g/mol. The highest BCUT2D eigenvalue weighted by Gasteiger charge is 2.01. The molecule has 0 bridgehead atoms. The molecule has 6 nitrogen and oxygen atoms in total. The lowest BCUT2D eigenvalue weighted by Crippen LogP contribution is -2.19. The second-order valence-electron chi connectivity index (χ2n) is 2.85. The first-order chi connectivity index (χ1) is 6.76. The summed E-state index contributed by atoms with van der Waals surface area (Å²) in [6.45, 7) is 2.39. The second kappa shape index (κ2) is 5.36. The molecule has 78 valence electrons. The van der Waals surface area contributed by atoms with Gasteiger partial charge in [0.25, 0.3) is 0 Å². The molecule has 0 aliphatic heterocycles. The first-order valence-corrected chi connectivity index (χ1v) is 4.48. The highest BCUT2D eigenvalue weighted by atomic mass is 16.3. The van der Waals surface area contributed by atoms with Crippen molar-refractivity contribution in [1.82, 2.24) is 9.97 Å². The monoisotopic (exact) mass is 197 g/mol. The number of anilines is 2. The SMILES string of the molecule is CCC(O)CNc1ccnc(NN)n1. The number of nitrogens with one attached hydrogen (secondary N) is 2. The van der Waals surface area contributed by atoms with Gasteiger partial charge in [-0.05, 0) is 12.5 Å². The number of nitrogen functional groups attached to an aromatic ring is 1. The average Bonchev–Trinajstić information content (AvgIpc) is 2.26. The van der Waals surface area contributed by atoms with Crippen LogP contribution in [0.3, 0.4) is 0 Å². The van der Waals surface area contributed by atoms with Crippen LogP contribution in [0.15, 0.2) is 12.3 Å². The van der Waals surface area contributed by atoms with Gasteiger partial charge in [0, 0.05) is 12.7 Å². The van der Waals surface area contributed by atoms with Crippen molar-refractivity contribution in [3.05, 3.63) is 12.3 Å². The number of aliphatic hydroxyl groups is 1.